The number of fused-ring (bicyclic) bond motifs is 6. The van der Waals surface area contributed by atoms with Gasteiger partial charge in [0.2, 0.25) is 0 Å². The molecule has 0 aliphatic carbocycles. The first-order valence-corrected chi connectivity index (χ1v) is 34.7. The Morgan fingerprint density at radius 3 is 0.817 bits per heavy atom. The van der Waals surface area contributed by atoms with Gasteiger partial charge in [0, 0.05) is 34.1 Å². The molecular formula is C78H60N2Si2. The Hall–Kier alpha value is -9.59. The molecule has 0 bridgehead atoms. The molecule has 0 spiro atoms. The zero-order chi connectivity index (χ0) is 55.1. The average Bonchev–Trinajstić information content (AvgIpc) is 1.84. The standard InChI is InChI=1S/C78H60N2Si2/c1-81(2)73-33-15-11-29-69(73)79(70-30-12-16-34-74(70)81)63-45-47-65-67(51-63)77(61-27-19-25-59(49-61)57-41-37-55(38-42-57)53-21-7-5-8-22-53)66-48-46-64(80-71-31-13-17-35-75(71)82(3,4)76-36-18-14-32-72(76)80)52-68(66)78(65)62-28-20-26-60(50-62)58-43-39-56(40-44-58)54-23-9-6-10-24-54/h5-52H,1-4H3. The van der Waals surface area contributed by atoms with E-state index in [1.807, 2.05) is 0 Å². The molecular weight excluding hydrogens is 1020 g/mol. The predicted molar refractivity (Wildman–Crippen MR) is 357 cm³/mol. The van der Waals surface area contributed by atoms with E-state index >= 15 is 0 Å². The third kappa shape index (κ3) is 8.12. The van der Waals surface area contributed by atoms with Gasteiger partial charge in [-0.2, -0.15) is 0 Å². The van der Waals surface area contributed by atoms with Crippen molar-refractivity contribution in [2.75, 3.05) is 9.80 Å². The molecule has 13 aromatic carbocycles. The fourth-order valence-corrected chi connectivity index (χ4v) is 19.7. The Morgan fingerprint density at radius 1 is 0.207 bits per heavy atom. The highest BCUT2D eigenvalue weighted by Crippen LogP contribution is 2.50. The molecule has 0 saturated carbocycles. The summed E-state index contributed by atoms with van der Waals surface area (Å²) in [7, 11) is -4.09. The Morgan fingerprint density at radius 2 is 0.476 bits per heavy atom. The summed E-state index contributed by atoms with van der Waals surface area (Å²) in [6.45, 7) is 10.0. The molecule has 82 heavy (non-hydrogen) atoms. The van der Waals surface area contributed by atoms with E-state index in [1.54, 1.807) is 0 Å². The van der Waals surface area contributed by atoms with Crippen LogP contribution in [0.1, 0.15) is 0 Å². The maximum absolute atomic E-state index is 2.54. The Labute approximate surface area is 483 Å². The third-order valence-corrected chi connectivity index (χ3v) is 24.9. The molecule has 2 aliphatic rings. The van der Waals surface area contributed by atoms with Crippen molar-refractivity contribution in [3.05, 3.63) is 291 Å². The number of benzene rings is 13. The Bertz CT molecular complexity index is 4230. The summed E-state index contributed by atoms with van der Waals surface area (Å²) < 4.78 is 0. The number of hydrogen-bond acceptors (Lipinski definition) is 2. The molecule has 2 heterocycles. The molecule has 13 aromatic rings. The van der Waals surface area contributed by atoms with E-state index in [-0.39, 0.29) is 0 Å². The second-order valence-corrected chi connectivity index (χ2v) is 31.9. The summed E-state index contributed by atoms with van der Waals surface area (Å²) in [5, 5.41) is 10.6. The van der Waals surface area contributed by atoms with Crippen LogP contribution in [0.15, 0.2) is 291 Å². The summed E-state index contributed by atoms with van der Waals surface area (Å²) in [6, 6.07) is 109. The van der Waals surface area contributed by atoms with Crippen molar-refractivity contribution >= 4 is 92.6 Å². The van der Waals surface area contributed by atoms with Crippen LogP contribution in [0, 0.1) is 0 Å². The molecule has 0 amide bonds. The van der Waals surface area contributed by atoms with E-state index in [1.165, 1.54) is 132 Å². The first-order valence-electron chi connectivity index (χ1n) is 28.7. The van der Waals surface area contributed by atoms with Crippen molar-refractivity contribution in [2.45, 2.75) is 26.2 Å². The minimum absolute atomic E-state index is 1.15. The summed E-state index contributed by atoms with van der Waals surface area (Å²) >= 11 is 0. The number of para-hydroxylation sites is 4. The molecule has 0 aromatic heterocycles. The molecule has 2 aliphatic heterocycles. The van der Waals surface area contributed by atoms with Crippen molar-refractivity contribution in [2.24, 2.45) is 0 Å². The van der Waals surface area contributed by atoms with Crippen LogP contribution in [-0.2, 0) is 0 Å². The number of anilines is 6. The quantitative estimate of drug-likeness (QED) is 0.111. The maximum Gasteiger partial charge on any atom is 0.117 e. The fourth-order valence-electron chi connectivity index (χ4n) is 13.7. The van der Waals surface area contributed by atoms with Gasteiger partial charge in [-0.3, -0.25) is 0 Å². The number of rotatable bonds is 8. The van der Waals surface area contributed by atoms with Gasteiger partial charge in [0.15, 0.2) is 0 Å². The number of nitrogens with zero attached hydrogens (tertiary/aromatic N) is 2. The highest BCUT2D eigenvalue weighted by molar-refractivity contribution is 7.03. The van der Waals surface area contributed by atoms with Crippen molar-refractivity contribution in [3.63, 3.8) is 0 Å². The molecule has 390 valence electrons. The summed E-state index contributed by atoms with van der Waals surface area (Å²) in [5.41, 5.74) is 21.8. The minimum Gasteiger partial charge on any atom is -0.311 e. The van der Waals surface area contributed by atoms with Crippen LogP contribution < -0.4 is 30.5 Å². The summed E-state index contributed by atoms with van der Waals surface area (Å²) in [6.07, 6.45) is 0. The summed E-state index contributed by atoms with van der Waals surface area (Å²) in [5.74, 6) is 0. The normalized spacial score (nSPS) is 13.8. The molecule has 0 N–H and O–H groups in total. The zero-order valence-electron chi connectivity index (χ0n) is 46.6. The molecule has 4 heteroatoms. The van der Waals surface area contributed by atoms with Crippen molar-refractivity contribution < 1.29 is 0 Å². The lowest BCUT2D eigenvalue weighted by Gasteiger charge is -2.41. The van der Waals surface area contributed by atoms with Crippen LogP contribution in [0.2, 0.25) is 26.2 Å². The van der Waals surface area contributed by atoms with Crippen LogP contribution in [0.5, 0.6) is 0 Å². The highest BCUT2D eigenvalue weighted by Gasteiger charge is 2.40. The van der Waals surface area contributed by atoms with Gasteiger partial charge >= 0.3 is 0 Å². The second-order valence-electron chi connectivity index (χ2n) is 23.2. The van der Waals surface area contributed by atoms with Gasteiger partial charge in [-0.05, 0) is 170 Å². The molecule has 0 unspecified atom stereocenters. The van der Waals surface area contributed by atoms with E-state index in [4.69, 9.17) is 0 Å². The Kier molecular flexibility index (Phi) is 11.8. The topological polar surface area (TPSA) is 6.48 Å². The first-order chi connectivity index (χ1) is 40.2. The maximum atomic E-state index is 2.54. The molecule has 0 fully saturated rings. The van der Waals surface area contributed by atoms with Crippen LogP contribution >= 0.6 is 0 Å². The van der Waals surface area contributed by atoms with Gasteiger partial charge in [-0.25, -0.2) is 0 Å². The van der Waals surface area contributed by atoms with Crippen molar-refractivity contribution in [1.29, 1.82) is 0 Å². The lowest BCUT2D eigenvalue weighted by molar-refractivity contribution is 1.29. The second kappa shape index (κ2) is 19.6. The van der Waals surface area contributed by atoms with Gasteiger partial charge in [-0.15, -0.1) is 0 Å². The van der Waals surface area contributed by atoms with Gasteiger partial charge in [0.05, 0.1) is 0 Å². The smallest absolute Gasteiger partial charge is 0.117 e. The zero-order valence-corrected chi connectivity index (χ0v) is 48.6. The molecule has 15 rings (SSSR count). The lowest BCUT2D eigenvalue weighted by Crippen LogP contribution is -2.58. The van der Waals surface area contributed by atoms with Crippen molar-refractivity contribution in [1.82, 2.24) is 0 Å². The molecule has 0 atom stereocenters. The third-order valence-electron chi connectivity index (χ3n) is 17.8. The SMILES string of the molecule is C[Si]1(C)c2ccccc2N(c2ccc3c(-c4cccc(-c5ccc(-c6ccccc6)cc5)c4)c4cc(N5c6ccccc6[Si](C)(C)c6ccccc65)ccc4c(-c4cccc(-c5ccc(-c6ccccc6)cc5)c4)c3c2)c2ccccc21. The fraction of sp³-hybridized carbons (Fsp3) is 0.0513. The van der Waals surface area contributed by atoms with Crippen LogP contribution in [-0.4, -0.2) is 16.1 Å². The lowest BCUT2D eigenvalue weighted by atomic mass is 9.84. The van der Waals surface area contributed by atoms with E-state index in [0.29, 0.717) is 0 Å². The van der Waals surface area contributed by atoms with Gasteiger partial charge in [-0.1, -0.05) is 257 Å². The predicted octanol–water partition coefficient (Wildman–Crippen LogP) is 19.2. The largest absolute Gasteiger partial charge is 0.311 e. The highest BCUT2D eigenvalue weighted by atomic mass is 28.3. The monoisotopic (exact) mass is 1080 g/mol. The summed E-state index contributed by atoms with van der Waals surface area (Å²) in [4.78, 5) is 5.08. The van der Waals surface area contributed by atoms with Crippen molar-refractivity contribution in [3.8, 4) is 66.8 Å². The van der Waals surface area contributed by atoms with E-state index in [2.05, 4.69) is 327 Å². The average molecular weight is 1080 g/mol. The van der Waals surface area contributed by atoms with Gasteiger partial charge in [0.25, 0.3) is 0 Å². The number of hydrogen-bond donors (Lipinski definition) is 0. The van der Waals surface area contributed by atoms with E-state index in [0.717, 1.165) is 11.4 Å². The molecule has 0 saturated heterocycles. The molecule has 0 radical (unpaired) electrons. The minimum atomic E-state index is -2.04. The van der Waals surface area contributed by atoms with Crippen LogP contribution in [0.3, 0.4) is 0 Å². The van der Waals surface area contributed by atoms with Gasteiger partial charge in [0.1, 0.15) is 16.1 Å². The van der Waals surface area contributed by atoms with Crippen LogP contribution in [0.4, 0.5) is 34.1 Å². The van der Waals surface area contributed by atoms with Crippen LogP contribution in [0.25, 0.3) is 88.3 Å². The van der Waals surface area contributed by atoms with E-state index < -0.39 is 16.1 Å². The molecule has 2 nitrogen and oxygen atoms in total. The Balaban J connectivity index is 1.01. The first kappa shape index (κ1) is 49.5. The van der Waals surface area contributed by atoms with E-state index in [9.17, 15) is 0 Å². The van der Waals surface area contributed by atoms with Gasteiger partial charge < -0.3 is 9.80 Å².